The number of benzene rings is 1. The van der Waals surface area contributed by atoms with Crippen LogP contribution in [-0.4, -0.2) is 37.0 Å². The fraction of sp³-hybridized carbons (Fsp3) is 0.500. The number of hydrogen-bond donors (Lipinski definition) is 1. The molecule has 0 saturated carbocycles. The number of carbonyl (C=O) groups is 4. The number of amides is 2. The first-order chi connectivity index (χ1) is 13.0. The molecule has 0 atom stereocenters. The van der Waals surface area contributed by atoms with E-state index in [0.29, 0.717) is 12.8 Å². The Bertz CT molecular complexity index is 740. The van der Waals surface area contributed by atoms with Crippen LogP contribution >= 0.6 is 0 Å². The van der Waals surface area contributed by atoms with Crippen LogP contribution in [0.2, 0.25) is 0 Å². The molecule has 0 saturated heterocycles. The second-order valence-corrected chi connectivity index (χ2v) is 6.38. The Balaban J connectivity index is 2.29. The maximum Gasteiger partial charge on any atom is 0.339 e. The van der Waals surface area contributed by atoms with Gasteiger partial charge in [0.15, 0.2) is 0 Å². The molecule has 146 valence electrons. The summed E-state index contributed by atoms with van der Waals surface area (Å²) in [6.45, 7) is 4.45. The zero-order chi connectivity index (χ0) is 19.8. The van der Waals surface area contributed by atoms with Gasteiger partial charge in [0.1, 0.15) is 0 Å². The zero-order valence-electron chi connectivity index (χ0n) is 15.8. The Labute approximate surface area is 158 Å². The van der Waals surface area contributed by atoms with E-state index < -0.39 is 23.8 Å². The van der Waals surface area contributed by atoms with Gasteiger partial charge < -0.3 is 9.47 Å². The number of imide groups is 1. The summed E-state index contributed by atoms with van der Waals surface area (Å²) in [5.74, 6) is -2.82. The summed E-state index contributed by atoms with van der Waals surface area (Å²) in [7, 11) is 0. The van der Waals surface area contributed by atoms with Gasteiger partial charge in [-0.3, -0.25) is 14.9 Å². The third-order valence-electron chi connectivity index (χ3n) is 4.29. The first-order valence-electron chi connectivity index (χ1n) is 9.38. The second-order valence-electron chi connectivity index (χ2n) is 6.38. The van der Waals surface area contributed by atoms with Gasteiger partial charge in [0.05, 0.1) is 35.5 Å². The van der Waals surface area contributed by atoms with E-state index in [2.05, 4.69) is 5.32 Å². The average Bonchev–Trinajstić information content (AvgIpc) is 2.95. The summed E-state index contributed by atoms with van der Waals surface area (Å²) in [5.41, 5.74) is -0.324. The highest BCUT2D eigenvalue weighted by Gasteiger charge is 2.36. The minimum atomic E-state index is -0.798. The number of carbonyl (C=O) groups excluding carboxylic acids is 4. The summed E-state index contributed by atoms with van der Waals surface area (Å²) >= 11 is 0. The van der Waals surface area contributed by atoms with Crippen LogP contribution in [0.5, 0.6) is 0 Å². The van der Waals surface area contributed by atoms with Crippen molar-refractivity contribution in [3.8, 4) is 0 Å². The van der Waals surface area contributed by atoms with Crippen molar-refractivity contribution in [3.05, 3.63) is 34.4 Å². The van der Waals surface area contributed by atoms with E-state index >= 15 is 0 Å². The van der Waals surface area contributed by atoms with Gasteiger partial charge >= 0.3 is 11.9 Å². The summed E-state index contributed by atoms with van der Waals surface area (Å²) in [6, 6.07) is 2.69. The number of hydrogen-bond acceptors (Lipinski definition) is 6. The van der Waals surface area contributed by atoms with Crippen LogP contribution in [0.4, 0.5) is 0 Å². The molecule has 0 radical (unpaired) electrons. The SMILES string of the molecule is CCCCCOC(=O)c1ccc2c(c1C(=O)OCCCCC)C(=O)NC2=O. The Kier molecular flexibility index (Phi) is 7.52. The van der Waals surface area contributed by atoms with Crippen molar-refractivity contribution in [2.45, 2.75) is 52.4 Å². The van der Waals surface area contributed by atoms with Gasteiger partial charge in [-0.25, -0.2) is 9.59 Å². The van der Waals surface area contributed by atoms with Crippen LogP contribution in [0.25, 0.3) is 0 Å². The monoisotopic (exact) mass is 375 g/mol. The summed E-state index contributed by atoms with van der Waals surface area (Å²) in [6.07, 6.45) is 5.15. The molecule has 7 heteroatoms. The largest absolute Gasteiger partial charge is 0.462 e. The first kappa shape index (κ1) is 20.6. The predicted molar refractivity (Wildman–Crippen MR) is 97.9 cm³/mol. The topological polar surface area (TPSA) is 98.8 Å². The number of esters is 2. The Morgan fingerprint density at radius 2 is 1.44 bits per heavy atom. The van der Waals surface area contributed by atoms with Crippen LogP contribution in [0.15, 0.2) is 12.1 Å². The van der Waals surface area contributed by atoms with Crippen molar-refractivity contribution in [1.82, 2.24) is 5.32 Å². The maximum absolute atomic E-state index is 12.6. The number of rotatable bonds is 10. The number of fused-ring (bicyclic) bond motifs is 1. The van der Waals surface area contributed by atoms with E-state index in [-0.39, 0.29) is 35.5 Å². The number of ether oxygens (including phenoxy) is 2. The Morgan fingerprint density at radius 3 is 2.04 bits per heavy atom. The molecule has 1 heterocycles. The molecule has 0 fully saturated rings. The van der Waals surface area contributed by atoms with Gasteiger partial charge in [0.2, 0.25) is 0 Å². The van der Waals surface area contributed by atoms with Crippen LogP contribution in [0.1, 0.15) is 93.8 Å². The molecule has 1 aromatic rings. The van der Waals surface area contributed by atoms with Gasteiger partial charge in [0.25, 0.3) is 11.8 Å². The molecular weight excluding hydrogens is 350 g/mol. The highest BCUT2D eigenvalue weighted by Crippen LogP contribution is 2.25. The summed E-state index contributed by atoms with van der Waals surface area (Å²) < 4.78 is 10.5. The number of unbranched alkanes of at least 4 members (excludes halogenated alkanes) is 4. The lowest BCUT2D eigenvalue weighted by atomic mass is 9.97. The van der Waals surface area contributed by atoms with E-state index in [1.165, 1.54) is 12.1 Å². The third-order valence-corrected chi connectivity index (χ3v) is 4.29. The molecule has 2 amide bonds. The summed E-state index contributed by atoms with van der Waals surface area (Å²) in [4.78, 5) is 49.1. The molecule has 0 bridgehead atoms. The van der Waals surface area contributed by atoms with Crippen LogP contribution < -0.4 is 5.32 Å². The van der Waals surface area contributed by atoms with Crippen molar-refractivity contribution in [2.75, 3.05) is 13.2 Å². The van der Waals surface area contributed by atoms with Gasteiger partial charge in [0, 0.05) is 0 Å². The highest BCUT2D eigenvalue weighted by molar-refractivity contribution is 6.26. The molecule has 1 aromatic carbocycles. The maximum atomic E-state index is 12.6. The molecule has 1 aliphatic rings. The predicted octanol–water partition coefficient (Wildman–Crippen LogP) is 3.26. The molecule has 2 rings (SSSR count). The van der Waals surface area contributed by atoms with Crippen molar-refractivity contribution < 1.29 is 28.7 Å². The van der Waals surface area contributed by atoms with E-state index in [4.69, 9.17) is 9.47 Å². The lowest BCUT2D eigenvalue weighted by Crippen LogP contribution is -2.22. The molecule has 1 N–H and O–H groups in total. The van der Waals surface area contributed by atoms with Crippen molar-refractivity contribution in [3.63, 3.8) is 0 Å². The smallest absolute Gasteiger partial charge is 0.339 e. The third kappa shape index (κ3) is 4.93. The fourth-order valence-corrected chi connectivity index (χ4v) is 2.83. The zero-order valence-corrected chi connectivity index (χ0v) is 15.8. The molecule has 7 nitrogen and oxygen atoms in total. The standard InChI is InChI=1S/C20H25NO6/c1-3-5-7-11-26-19(24)14-10-9-13-15(18(23)21-17(13)22)16(14)20(25)27-12-8-6-4-2/h9-10H,3-8,11-12H2,1-2H3,(H,21,22,23). The molecule has 0 spiro atoms. The van der Waals surface area contributed by atoms with Crippen LogP contribution in [0, 0.1) is 0 Å². The number of nitrogens with one attached hydrogen (secondary N) is 1. The van der Waals surface area contributed by atoms with Crippen LogP contribution in [0.3, 0.4) is 0 Å². The van der Waals surface area contributed by atoms with E-state index in [1.807, 2.05) is 13.8 Å². The highest BCUT2D eigenvalue weighted by atomic mass is 16.5. The molecule has 27 heavy (non-hydrogen) atoms. The first-order valence-corrected chi connectivity index (χ1v) is 9.38. The second kappa shape index (κ2) is 9.85. The lowest BCUT2D eigenvalue weighted by Gasteiger charge is -2.12. The van der Waals surface area contributed by atoms with Gasteiger partial charge in [-0.2, -0.15) is 0 Å². The van der Waals surface area contributed by atoms with Gasteiger partial charge in [-0.05, 0) is 25.0 Å². The van der Waals surface area contributed by atoms with E-state index in [1.54, 1.807) is 0 Å². The van der Waals surface area contributed by atoms with Crippen molar-refractivity contribution >= 4 is 23.8 Å². The van der Waals surface area contributed by atoms with Crippen molar-refractivity contribution in [1.29, 1.82) is 0 Å². The van der Waals surface area contributed by atoms with Gasteiger partial charge in [-0.15, -0.1) is 0 Å². The normalized spacial score (nSPS) is 12.5. The fourth-order valence-electron chi connectivity index (χ4n) is 2.83. The minimum absolute atomic E-state index is 0.0584. The Morgan fingerprint density at radius 1 is 0.852 bits per heavy atom. The van der Waals surface area contributed by atoms with E-state index in [0.717, 1.165) is 25.7 Å². The quantitative estimate of drug-likeness (QED) is 0.383. The molecule has 0 unspecified atom stereocenters. The molecule has 0 aliphatic carbocycles. The molecule has 0 aromatic heterocycles. The van der Waals surface area contributed by atoms with Crippen LogP contribution in [-0.2, 0) is 9.47 Å². The molecular formula is C20H25NO6. The molecule has 1 aliphatic heterocycles. The average molecular weight is 375 g/mol. The summed E-state index contributed by atoms with van der Waals surface area (Å²) in [5, 5.41) is 2.14. The Hall–Kier alpha value is -2.70. The van der Waals surface area contributed by atoms with E-state index in [9.17, 15) is 19.2 Å². The van der Waals surface area contributed by atoms with Crippen molar-refractivity contribution in [2.24, 2.45) is 0 Å². The lowest BCUT2D eigenvalue weighted by molar-refractivity contribution is 0.0449. The minimum Gasteiger partial charge on any atom is -0.462 e. The van der Waals surface area contributed by atoms with Gasteiger partial charge in [-0.1, -0.05) is 39.5 Å².